The third-order valence-corrected chi connectivity index (χ3v) is 5.83. The van der Waals surface area contributed by atoms with E-state index in [-0.39, 0.29) is 49.4 Å². The lowest BCUT2D eigenvalue weighted by Gasteiger charge is -2.40. The zero-order valence-corrected chi connectivity index (χ0v) is 18.7. The Hall–Kier alpha value is -3.69. The molecule has 7 nitrogen and oxygen atoms in total. The summed E-state index contributed by atoms with van der Waals surface area (Å²) < 4.78 is 44.3. The van der Waals surface area contributed by atoms with Gasteiger partial charge in [-0.2, -0.15) is 18.2 Å². The summed E-state index contributed by atoms with van der Waals surface area (Å²) in [6, 6.07) is 11.5. The average molecular weight is 472 g/mol. The van der Waals surface area contributed by atoms with Crippen LogP contribution in [-0.2, 0) is 17.4 Å². The van der Waals surface area contributed by atoms with Gasteiger partial charge in [-0.25, -0.2) is 0 Å². The van der Waals surface area contributed by atoms with Crippen molar-refractivity contribution in [1.82, 2.24) is 19.9 Å². The summed E-state index contributed by atoms with van der Waals surface area (Å²) in [4.78, 5) is 33.1. The first kappa shape index (κ1) is 23.5. The molecule has 0 aliphatic carbocycles. The molecule has 178 valence electrons. The van der Waals surface area contributed by atoms with E-state index in [9.17, 15) is 22.8 Å². The number of hydrogen-bond acceptors (Lipinski definition) is 5. The van der Waals surface area contributed by atoms with Crippen molar-refractivity contribution in [3.8, 4) is 11.5 Å². The number of carbonyl (C=O) groups excluding carboxylic acids is 2. The average Bonchev–Trinajstić information content (AvgIpc) is 3.26. The third kappa shape index (κ3) is 4.95. The molecule has 0 N–H and O–H groups in total. The lowest BCUT2D eigenvalue weighted by Crippen LogP contribution is -2.55. The third-order valence-electron chi connectivity index (χ3n) is 5.83. The molecule has 1 fully saturated rings. The fraction of sp³-hybridized carbons (Fsp3) is 0.333. The quantitative estimate of drug-likeness (QED) is 0.574. The van der Waals surface area contributed by atoms with Crippen molar-refractivity contribution in [1.29, 1.82) is 0 Å². The largest absolute Gasteiger partial charge is 0.416 e. The van der Waals surface area contributed by atoms with Crippen LogP contribution in [0.4, 0.5) is 13.2 Å². The van der Waals surface area contributed by atoms with Gasteiger partial charge >= 0.3 is 6.18 Å². The van der Waals surface area contributed by atoms with E-state index < -0.39 is 17.6 Å². The number of hydrogen-bond donors (Lipinski definition) is 0. The molecule has 2 aromatic carbocycles. The van der Waals surface area contributed by atoms with Crippen LogP contribution < -0.4 is 0 Å². The first-order valence-corrected chi connectivity index (χ1v) is 10.8. The predicted octanol–water partition coefficient (Wildman–Crippen LogP) is 3.98. The molecule has 1 aliphatic heterocycles. The molecule has 0 radical (unpaired) electrons. The fourth-order valence-electron chi connectivity index (χ4n) is 3.98. The molecular formula is C24H23F3N4O3. The van der Waals surface area contributed by atoms with Gasteiger partial charge in [0, 0.05) is 36.8 Å². The Morgan fingerprint density at radius 2 is 1.88 bits per heavy atom. The SMILES string of the molecule is Cc1ccccc1-c1nc(CC(=O)N2CCN(C(=O)c3cccc(C(F)(F)F)c3)C(C)C2)no1. The van der Waals surface area contributed by atoms with E-state index in [1.807, 2.05) is 31.2 Å². The topological polar surface area (TPSA) is 79.5 Å². The molecule has 2 heterocycles. The van der Waals surface area contributed by atoms with Crippen LogP contribution >= 0.6 is 0 Å². The number of nitrogens with zero attached hydrogens (tertiary/aromatic N) is 4. The van der Waals surface area contributed by atoms with E-state index in [1.165, 1.54) is 17.0 Å². The van der Waals surface area contributed by atoms with Crippen molar-refractivity contribution in [2.24, 2.45) is 0 Å². The zero-order valence-electron chi connectivity index (χ0n) is 18.7. The van der Waals surface area contributed by atoms with Crippen LogP contribution in [0.1, 0.15) is 34.2 Å². The summed E-state index contributed by atoms with van der Waals surface area (Å²) in [6.07, 6.45) is -4.58. The monoisotopic (exact) mass is 472 g/mol. The number of rotatable bonds is 4. The van der Waals surface area contributed by atoms with Crippen LogP contribution in [0.25, 0.3) is 11.5 Å². The Bertz CT molecular complexity index is 1210. The zero-order chi connectivity index (χ0) is 24.5. The highest BCUT2D eigenvalue weighted by molar-refractivity contribution is 5.95. The molecule has 10 heteroatoms. The molecule has 1 unspecified atom stereocenters. The van der Waals surface area contributed by atoms with Crippen molar-refractivity contribution in [3.05, 3.63) is 71.0 Å². The van der Waals surface area contributed by atoms with Gasteiger partial charge in [-0.3, -0.25) is 9.59 Å². The number of amides is 2. The summed E-state index contributed by atoms with van der Waals surface area (Å²) in [5.74, 6) is -0.106. The molecule has 2 amide bonds. The smallest absolute Gasteiger partial charge is 0.338 e. The number of piperazine rings is 1. The summed E-state index contributed by atoms with van der Waals surface area (Å²) >= 11 is 0. The number of benzene rings is 2. The summed E-state index contributed by atoms with van der Waals surface area (Å²) in [7, 11) is 0. The van der Waals surface area contributed by atoms with Gasteiger partial charge in [-0.1, -0.05) is 29.4 Å². The van der Waals surface area contributed by atoms with Crippen molar-refractivity contribution in [3.63, 3.8) is 0 Å². The van der Waals surface area contributed by atoms with Crippen LogP contribution in [0.2, 0.25) is 0 Å². The lowest BCUT2D eigenvalue weighted by atomic mass is 10.1. The summed E-state index contributed by atoms with van der Waals surface area (Å²) in [5.41, 5.74) is 0.866. The fourth-order valence-corrected chi connectivity index (χ4v) is 3.98. The molecule has 0 spiro atoms. The molecule has 0 saturated carbocycles. The highest BCUT2D eigenvalue weighted by Crippen LogP contribution is 2.30. The molecule has 1 aliphatic rings. The lowest BCUT2D eigenvalue weighted by molar-refractivity contribution is -0.137. The molecular weight excluding hydrogens is 449 g/mol. The van der Waals surface area contributed by atoms with Crippen molar-refractivity contribution >= 4 is 11.8 Å². The molecule has 3 aromatic rings. The predicted molar refractivity (Wildman–Crippen MR) is 117 cm³/mol. The van der Waals surface area contributed by atoms with Crippen LogP contribution in [0.3, 0.4) is 0 Å². The Balaban J connectivity index is 1.39. The van der Waals surface area contributed by atoms with E-state index in [0.29, 0.717) is 5.89 Å². The Kier molecular flexibility index (Phi) is 6.41. The second-order valence-corrected chi connectivity index (χ2v) is 8.27. The van der Waals surface area contributed by atoms with Crippen LogP contribution in [0.5, 0.6) is 0 Å². The maximum Gasteiger partial charge on any atom is 0.416 e. The first-order valence-electron chi connectivity index (χ1n) is 10.8. The summed E-state index contributed by atoms with van der Waals surface area (Å²) in [6.45, 7) is 4.41. The Labute approximate surface area is 194 Å². The van der Waals surface area contributed by atoms with Crippen LogP contribution in [-0.4, -0.2) is 57.4 Å². The number of aromatic nitrogens is 2. The number of aryl methyl sites for hydroxylation is 1. The van der Waals surface area contributed by atoms with Gasteiger partial charge in [0.05, 0.1) is 12.0 Å². The minimum atomic E-state index is -4.53. The Morgan fingerprint density at radius 1 is 1.12 bits per heavy atom. The molecule has 4 rings (SSSR count). The van der Waals surface area contributed by atoms with Crippen molar-refractivity contribution < 1.29 is 27.3 Å². The minimum absolute atomic E-state index is 0.0306. The van der Waals surface area contributed by atoms with E-state index >= 15 is 0 Å². The van der Waals surface area contributed by atoms with E-state index in [1.54, 1.807) is 11.8 Å². The molecule has 0 bridgehead atoms. The second-order valence-electron chi connectivity index (χ2n) is 8.27. The van der Waals surface area contributed by atoms with Crippen LogP contribution in [0.15, 0.2) is 53.1 Å². The second kappa shape index (κ2) is 9.28. The van der Waals surface area contributed by atoms with Gasteiger partial charge in [-0.05, 0) is 43.7 Å². The number of carbonyl (C=O) groups is 2. The van der Waals surface area contributed by atoms with E-state index in [0.717, 1.165) is 23.3 Å². The Morgan fingerprint density at radius 3 is 2.59 bits per heavy atom. The van der Waals surface area contributed by atoms with Gasteiger partial charge in [-0.15, -0.1) is 0 Å². The van der Waals surface area contributed by atoms with Gasteiger partial charge < -0.3 is 14.3 Å². The maximum atomic E-state index is 13.0. The summed E-state index contributed by atoms with van der Waals surface area (Å²) in [5, 5.41) is 3.91. The van der Waals surface area contributed by atoms with Gasteiger partial charge in [0.2, 0.25) is 5.91 Å². The highest BCUT2D eigenvalue weighted by atomic mass is 19.4. The molecule has 1 atom stereocenters. The van der Waals surface area contributed by atoms with Crippen molar-refractivity contribution in [2.45, 2.75) is 32.5 Å². The van der Waals surface area contributed by atoms with Crippen LogP contribution in [0, 0.1) is 6.92 Å². The molecule has 34 heavy (non-hydrogen) atoms. The maximum absolute atomic E-state index is 13.0. The highest BCUT2D eigenvalue weighted by Gasteiger charge is 2.34. The molecule has 1 aromatic heterocycles. The van der Waals surface area contributed by atoms with E-state index in [2.05, 4.69) is 10.1 Å². The standard InChI is InChI=1S/C24H23F3N4O3/c1-15-6-3-4-9-19(15)22-28-20(29-34-22)13-21(32)30-10-11-31(16(2)14-30)23(33)17-7-5-8-18(12-17)24(25,26)27/h3-9,12,16H,10-11,13-14H2,1-2H3. The molecule has 1 saturated heterocycles. The van der Waals surface area contributed by atoms with Gasteiger partial charge in [0.15, 0.2) is 5.82 Å². The first-order chi connectivity index (χ1) is 16.1. The van der Waals surface area contributed by atoms with Gasteiger partial charge in [0.1, 0.15) is 0 Å². The normalized spacial score (nSPS) is 16.6. The number of alkyl halides is 3. The van der Waals surface area contributed by atoms with Gasteiger partial charge in [0.25, 0.3) is 11.8 Å². The van der Waals surface area contributed by atoms with E-state index in [4.69, 9.17) is 4.52 Å². The van der Waals surface area contributed by atoms with Crippen molar-refractivity contribution in [2.75, 3.05) is 19.6 Å². The number of halogens is 3. The minimum Gasteiger partial charge on any atom is -0.338 e.